The normalized spacial score (nSPS) is 22.2. The van der Waals surface area contributed by atoms with E-state index < -0.39 is 0 Å². The highest BCUT2D eigenvalue weighted by atomic mass is 35.5. The summed E-state index contributed by atoms with van der Waals surface area (Å²) in [6.45, 7) is 2.41. The number of carbonyl (C=O) groups is 1. The zero-order valence-corrected chi connectivity index (χ0v) is 12.0. The molecule has 4 heteroatoms. The number of ether oxygens (including phenoxy) is 1. The number of aryl methyl sites for hydroxylation is 1. The Balaban J connectivity index is 1.69. The van der Waals surface area contributed by atoms with Crippen molar-refractivity contribution in [1.29, 1.82) is 0 Å². The highest BCUT2D eigenvalue weighted by Crippen LogP contribution is 2.23. The predicted octanol–water partition coefficient (Wildman–Crippen LogP) is 3.04. The Morgan fingerprint density at radius 2 is 2.32 bits per heavy atom. The Morgan fingerprint density at radius 3 is 3.00 bits per heavy atom. The van der Waals surface area contributed by atoms with Gasteiger partial charge in [0, 0.05) is 6.04 Å². The van der Waals surface area contributed by atoms with Gasteiger partial charge < -0.3 is 10.1 Å². The van der Waals surface area contributed by atoms with Crippen LogP contribution >= 0.6 is 11.6 Å². The molecule has 0 aliphatic heterocycles. The van der Waals surface area contributed by atoms with Crippen molar-refractivity contribution in [2.75, 3.05) is 6.61 Å². The Bertz CT molecular complexity index is 436. The summed E-state index contributed by atoms with van der Waals surface area (Å²) in [5.74, 6) is 0.828. The third-order valence-corrected chi connectivity index (χ3v) is 3.89. The highest BCUT2D eigenvalue weighted by molar-refractivity contribution is 6.21. The van der Waals surface area contributed by atoms with E-state index >= 15 is 0 Å². The molecule has 104 valence electrons. The fourth-order valence-electron chi connectivity index (χ4n) is 2.32. The Kier molecular flexibility index (Phi) is 5.08. The van der Waals surface area contributed by atoms with Gasteiger partial charge in [-0.25, -0.2) is 0 Å². The number of nitrogens with one attached hydrogen (secondary N) is 1. The van der Waals surface area contributed by atoms with Gasteiger partial charge in [0.25, 0.3) is 0 Å². The summed E-state index contributed by atoms with van der Waals surface area (Å²) in [6.07, 6.45) is 3.44. The molecular formula is C15H20ClNO2. The fraction of sp³-hybridized carbons (Fsp3) is 0.533. The van der Waals surface area contributed by atoms with Gasteiger partial charge in [-0.2, -0.15) is 0 Å². The van der Waals surface area contributed by atoms with Crippen molar-refractivity contribution in [3.63, 3.8) is 0 Å². The van der Waals surface area contributed by atoms with E-state index in [9.17, 15) is 4.79 Å². The number of halogens is 1. The molecule has 1 aromatic carbocycles. The molecule has 1 amide bonds. The maximum absolute atomic E-state index is 11.8. The summed E-state index contributed by atoms with van der Waals surface area (Å²) in [6, 6.07) is 7.95. The van der Waals surface area contributed by atoms with E-state index in [-0.39, 0.29) is 17.3 Å². The van der Waals surface area contributed by atoms with Crippen LogP contribution in [0.4, 0.5) is 0 Å². The molecule has 1 N–H and O–H groups in total. The summed E-state index contributed by atoms with van der Waals surface area (Å²) < 4.78 is 5.55. The van der Waals surface area contributed by atoms with E-state index in [2.05, 4.69) is 5.32 Å². The maximum atomic E-state index is 11.8. The number of benzene rings is 1. The van der Waals surface area contributed by atoms with Crippen molar-refractivity contribution in [2.24, 2.45) is 0 Å². The van der Waals surface area contributed by atoms with Crippen LogP contribution in [0.5, 0.6) is 5.75 Å². The molecule has 0 saturated heterocycles. The lowest BCUT2D eigenvalue weighted by molar-refractivity contribution is -0.122. The van der Waals surface area contributed by atoms with E-state index in [0.29, 0.717) is 13.0 Å². The zero-order chi connectivity index (χ0) is 13.7. The maximum Gasteiger partial charge on any atom is 0.223 e. The van der Waals surface area contributed by atoms with Gasteiger partial charge in [0.15, 0.2) is 0 Å². The number of amides is 1. The zero-order valence-electron chi connectivity index (χ0n) is 11.2. The molecule has 0 heterocycles. The molecule has 2 atom stereocenters. The lowest BCUT2D eigenvalue weighted by atomic mass is 10.2. The van der Waals surface area contributed by atoms with E-state index in [1.165, 1.54) is 0 Å². The SMILES string of the molecule is Cc1cccc(OCCC(=O)NC2CCCC2Cl)c1. The summed E-state index contributed by atoms with van der Waals surface area (Å²) >= 11 is 6.12. The van der Waals surface area contributed by atoms with Crippen LogP contribution in [0.1, 0.15) is 31.2 Å². The molecule has 2 rings (SSSR count). The molecule has 19 heavy (non-hydrogen) atoms. The standard InChI is InChI=1S/C15H20ClNO2/c1-11-4-2-5-12(10-11)19-9-8-15(18)17-14-7-3-6-13(14)16/h2,4-5,10,13-14H,3,6-9H2,1H3,(H,17,18). The van der Waals surface area contributed by atoms with E-state index in [1.807, 2.05) is 31.2 Å². The minimum absolute atomic E-state index is 0.0187. The molecule has 0 aromatic heterocycles. The van der Waals surface area contributed by atoms with Crippen molar-refractivity contribution < 1.29 is 9.53 Å². The average Bonchev–Trinajstić information content (AvgIpc) is 2.75. The van der Waals surface area contributed by atoms with E-state index in [0.717, 1.165) is 30.6 Å². The highest BCUT2D eigenvalue weighted by Gasteiger charge is 2.26. The number of rotatable bonds is 5. The van der Waals surface area contributed by atoms with Crippen LogP contribution in [0, 0.1) is 6.92 Å². The van der Waals surface area contributed by atoms with E-state index in [4.69, 9.17) is 16.3 Å². The molecule has 1 aliphatic carbocycles. The lowest BCUT2D eigenvalue weighted by Crippen LogP contribution is -2.38. The number of alkyl halides is 1. The fourth-order valence-corrected chi connectivity index (χ4v) is 2.67. The predicted molar refractivity (Wildman–Crippen MR) is 76.7 cm³/mol. The van der Waals surface area contributed by atoms with Gasteiger partial charge in [-0.15, -0.1) is 11.6 Å². The van der Waals surface area contributed by atoms with Gasteiger partial charge in [0.05, 0.1) is 18.4 Å². The van der Waals surface area contributed by atoms with Crippen molar-refractivity contribution in [3.05, 3.63) is 29.8 Å². The van der Waals surface area contributed by atoms with Crippen molar-refractivity contribution in [2.45, 2.75) is 44.0 Å². The Hall–Kier alpha value is -1.22. The summed E-state index contributed by atoms with van der Waals surface area (Å²) in [5, 5.41) is 3.06. The molecule has 1 fully saturated rings. The quantitative estimate of drug-likeness (QED) is 0.843. The van der Waals surface area contributed by atoms with Crippen molar-refractivity contribution >= 4 is 17.5 Å². The van der Waals surface area contributed by atoms with E-state index in [1.54, 1.807) is 0 Å². The van der Waals surface area contributed by atoms with Gasteiger partial charge in [0.1, 0.15) is 5.75 Å². The van der Waals surface area contributed by atoms with Crippen LogP contribution in [0.2, 0.25) is 0 Å². The minimum atomic E-state index is 0.0187. The number of hydrogen-bond acceptors (Lipinski definition) is 2. The van der Waals surface area contributed by atoms with Gasteiger partial charge in [-0.05, 0) is 43.9 Å². The molecule has 3 nitrogen and oxygen atoms in total. The molecule has 0 bridgehead atoms. The number of carbonyl (C=O) groups excluding carboxylic acids is 1. The van der Waals surface area contributed by atoms with Crippen LogP contribution in [-0.2, 0) is 4.79 Å². The smallest absolute Gasteiger partial charge is 0.223 e. The second-order valence-electron chi connectivity index (χ2n) is 5.04. The molecule has 2 unspecified atom stereocenters. The van der Waals surface area contributed by atoms with Crippen LogP contribution in [0.25, 0.3) is 0 Å². The first-order valence-corrected chi connectivity index (χ1v) is 7.22. The summed E-state index contributed by atoms with van der Waals surface area (Å²) in [5.41, 5.74) is 1.15. The van der Waals surface area contributed by atoms with Gasteiger partial charge in [0.2, 0.25) is 5.91 Å². The first-order chi connectivity index (χ1) is 9.15. The molecule has 1 aromatic rings. The van der Waals surface area contributed by atoms with Crippen LogP contribution in [0.15, 0.2) is 24.3 Å². The van der Waals surface area contributed by atoms with Gasteiger partial charge in [-0.1, -0.05) is 12.1 Å². The van der Waals surface area contributed by atoms with Crippen LogP contribution in [-0.4, -0.2) is 23.9 Å². The molecule has 1 aliphatic rings. The monoisotopic (exact) mass is 281 g/mol. The molecule has 0 spiro atoms. The minimum Gasteiger partial charge on any atom is -0.493 e. The first kappa shape index (κ1) is 14.2. The topological polar surface area (TPSA) is 38.3 Å². The van der Waals surface area contributed by atoms with Crippen molar-refractivity contribution in [3.8, 4) is 5.75 Å². The van der Waals surface area contributed by atoms with Crippen LogP contribution < -0.4 is 10.1 Å². The first-order valence-electron chi connectivity index (χ1n) is 6.78. The third kappa shape index (κ3) is 4.43. The third-order valence-electron chi connectivity index (χ3n) is 3.37. The summed E-state index contributed by atoms with van der Waals surface area (Å²) in [7, 11) is 0. The average molecular weight is 282 g/mol. The second kappa shape index (κ2) is 6.80. The molecule has 1 saturated carbocycles. The summed E-state index contributed by atoms with van der Waals surface area (Å²) in [4.78, 5) is 11.8. The second-order valence-corrected chi connectivity index (χ2v) is 5.60. The Labute approximate surface area is 119 Å². The number of hydrogen-bond donors (Lipinski definition) is 1. The largest absolute Gasteiger partial charge is 0.493 e. The van der Waals surface area contributed by atoms with Crippen molar-refractivity contribution in [1.82, 2.24) is 5.32 Å². The van der Waals surface area contributed by atoms with Gasteiger partial charge in [-0.3, -0.25) is 4.79 Å². The molecule has 0 radical (unpaired) electrons. The molecular weight excluding hydrogens is 262 g/mol. The Morgan fingerprint density at radius 1 is 1.47 bits per heavy atom. The van der Waals surface area contributed by atoms with Crippen LogP contribution in [0.3, 0.4) is 0 Å². The lowest BCUT2D eigenvalue weighted by Gasteiger charge is -2.15. The van der Waals surface area contributed by atoms with Gasteiger partial charge >= 0.3 is 0 Å².